The highest BCUT2D eigenvalue weighted by Crippen LogP contribution is 2.35. The van der Waals surface area contributed by atoms with Crippen molar-refractivity contribution in [1.82, 2.24) is 0 Å². The molecule has 0 saturated carbocycles. The number of halogens is 1. The molecule has 7 nitrogen and oxygen atoms in total. The number of nitrogens with one attached hydrogen (secondary N) is 1. The lowest BCUT2D eigenvalue weighted by molar-refractivity contribution is -0.112. The average Bonchev–Trinajstić information content (AvgIpc) is 2.89. The molecular weight excluding hydrogens is 595 g/mol. The van der Waals surface area contributed by atoms with Gasteiger partial charge in [-0.15, -0.1) is 0 Å². The van der Waals surface area contributed by atoms with E-state index in [1.54, 1.807) is 37.3 Å². The van der Waals surface area contributed by atoms with E-state index in [1.807, 2.05) is 25.1 Å². The van der Waals surface area contributed by atoms with E-state index >= 15 is 0 Å². The van der Waals surface area contributed by atoms with Gasteiger partial charge in [-0.3, -0.25) is 4.79 Å². The van der Waals surface area contributed by atoms with Crippen molar-refractivity contribution in [2.75, 3.05) is 18.5 Å². The second kappa shape index (κ2) is 13.6. The number of hydrogen-bond acceptors (Lipinski definition) is 6. The van der Waals surface area contributed by atoms with E-state index in [-0.39, 0.29) is 12.2 Å². The number of anilines is 1. The van der Waals surface area contributed by atoms with Crippen LogP contribution < -0.4 is 14.8 Å². The molecule has 8 heteroatoms. The van der Waals surface area contributed by atoms with Gasteiger partial charge in [-0.1, -0.05) is 18.2 Å². The van der Waals surface area contributed by atoms with Crippen molar-refractivity contribution < 1.29 is 23.8 Å². The first-order valence-electron chi connectivity index (χ1n) is 12.1. The first-order valence-corrected chi connectivity index (χ1v) is 13.2. The molecular formula is C30H29IN2O5. The number of carbonyl (C=O) groups is 2. The Morgan fingerprint density at radius 1 is 0.974 bits per heavy atom. The van der Waals surface area contributed by atoms with Crippen molar-refractivity contribution in [3.05, 3.63) is 91.6 Å². The highest BCUT2D eigenvalue weighted by atomic mass is 127. The molecule has 1 amide bonds. The quantitative estimate of drug-likeness (QED) is 0.118. The smallest absolute Gasteiger partial charge is 0.338 e. The van der Waals surface area contributed by atoms with Crippen LogP contribution in [0.4, 0.5) is 5.69 Å². The molecule has 3 rings (SSSR count). The zero-order valence-corrected chi connectivity index (χ0v) is 23.9. The van der Waals surface area contributed by atoms with Crippen LogP contribution >= 0.6 is 22.6 Å². The largest absolute Gasteiger partial charge is 0.490 e. The third kappa shape index (κ3) is 7.59. The van der Waals surface area contributed by atoms with Crippen molar-refractivity contribution in [3.8, 4) is 17.6 Å². The predicted molar refractivity (Wildman–Crippen MR) is 155 cm³/mol. The van der Waals surface area contributed by atoms with Crippen molar-refractivity contribution in [1.29, 1.82) is 5.26 Å². The molecule has 0 radical (unpaired) electrons. The van der Waals surface area contributed by atoms with E-state index in [0.717, 1.165) is 9.13 Å². The standard InChI is InChI=1S/C30H29IN2O5/c1-5-36-27-16-22(15-26(31)28(27)38-18-21-8-7-19(3)20(4)13-21)14-24(17-32)29(34)33-25-11-9-23(10-12-25)30(35)37-6-2/h7-16H,5-6,18H2,1-4H3,(H,33,34)/b24-14+. The summed E-state index contributed by atoms with van der Waals surface area (Å²) in [6.07, 6.45) is 1.50. The van der Waals surface area contributed by atoms with Crippen LogP contribution in [0.1, 0.15) is 46.5 Å². The molecule has 0 heterocycles. The molecule has 0 bridgehead atoms. The lowest BCUT2D eigenvalue weighted by Gasteiger charge is -2.15. The Labute approximate surface area is 236 Å². The molecule has 0 saturated heterocycles. The van der Waals surface area contributed by atoms with Gasteiger partial charge in [0.1, 0.15) is 18.2 Å². The minimum atomic E-state index is -0.570. The van der Waals surface area contributed by atoms with Gasteiger partial charge in [0.25, 0.3) is 5.91 Å². The van der Waals surface area contributed by atoms with Crippen LogP contribution in [0.5, 0.6) is 11.5 Å². The first-order chi connectivity index (χ1) is 18.2. The molecule has 0 aliphatic rings. The van der Waals surface area contributed by atoms with Gasteiger partial charge in [0.2, 0.25) is 0 Å². The average molecular weight is 624 g/mol. The van der Waals surface area contributed by atoms with Crippen LogP contribution in [0.15, 0.2) is 60.2 Å². The Kier molecular flexibility index (Phi) is 10.3. The fourth-order valence-electron chi connectivity index (χ4n) is 3.54. The van der Waals surface area contributed by atoms with E-state index in [0.29, 0.717) is 41.5 Å². The molecule has 1 N–H and O–H groups in total. The predicted octanol–water partition coefficient (Wildman–Crippen LogP) is 6.61. The number of nitrogens with zero attached hydrogens (tertiary/aromatic N) is 1. The minimum absolute atomic E-state index is 0.0819. The second-order valence-electron chi connectivity index (χ2n) is 8.39. The van der Waals surface area contributed by atoms with Gasteiger partial charge in [0.05, 0.1) is 22.3 Å². The van der Waals surface area contributed by atoms with E-state index in [2.05, 4.69) is 53.9 Å². The summed E-state index contributed by atoms with van der Waals surface area (Å²) in [6, 6.07) is 18.0. The van der Waals surface area contributed by atoms with Crippen molar-refractivity contribution in [2.45, 2.75) is 34.3 Å². The summed E-state index contributed by atoms with van der Waals surface area (Å²) >= 11 is 2.16. The summed E-state index contributed by atoms with van der Waals surface area (Å²) < 4.78 is 17.7. The number of esters is 1. The Bertz CT molecular complexity index is 1390. The number of ether oxygens (including phenoxy) is 3. The molecule has 0 aliphatic carbocycles. The summed E-state index contributed by atoms with van der Waals surface area (Å²) in [6.45, 7) is 8.83. The van der Waals surface area contributed by atoms with Crippen LogP contribution in [0.25, 0.3) is 6.08 Å². The van der Waals surface area contributed by atoms with Crippen LogP contribution in [0.2, 0.25) is 0 Å². The maximum atomic E-state index is 12.8. The first kappa shape index (κ1) is 28.7. The molecule has 3 aromatic rings. The zero-order valence-electron chi connectivity index (χ0n) is 21.8. The third-order valence-electron chi connectivity index (χ3n) is 5.62. The highest BCUT2D eigenvalue weighted by Gasteiger charge is 2.15. The maximum Gasteiger partial charge on any atom is 0.338 e. The second-order valence-corrected chi connectivity index (χ2v) is 9.55. The number of nitriles is 1. The number of aryl methyl sites for hydroxylation is 2. The lowest BCUT2D eigenvalue weighted by atomic mass is 10.1. The van der Waals surface area contributed by atoms with Crippen molar-refractivity contribution in [3.63, 3.8) is 0 Å². The molecule has 0 unspecified atom stereocenters. The summed E-state index contributed by atoms with van der Waals surface area (Å²) in [5.74, 6) is 0.123. The van der Waals surface area contributed by atoms with Crippen molar-refractivity contribution in [2.24, 2.45) is 0 Å². The molecule has 0 spiro atoms. The number of hydrogen-bond donors (Lipinski definition) is 1. The number of carbonyl (C=O) groups excluding carboxylic acids is 2. The Morgan fingerprint density at radius 2 is 1.71 bits per heavy atom. The minimum Gasteiger partial charge on any atom is -0.490 e. The summed E-state index contributed by atoms with van der Waals surface area (Å²) in [7, 11) is 0. The number of amides is 1. The summed E-state index contributed by atoms with van der Waals surface area (Å²) in [5, 5.41) is 12.3. The van der Waals surface area contributed by atoms with Crippen LogP contribution in [0, 0.1) is 28.7 Å². The molecule has 196 valence electrons. The molecule has 0 fully saturated rings. The number of benzene rings is 3. The van der Waals surface area contributed by atoms with Gasteiger partial charge < -0.3 is 19.5 Å². The fourth-order valence-corrected chi connectivity index (χ4v) is 4.32. The summed E-state index contributed by atoms with van der Waals surface area (Å²) in [5.41, 5.74) is 4.84. The van der Waals surface area contributed by atoms with Gasteiger partial charge >= 0.3 is 5.97 Å². The molecule has 0 atom stereocenters. The van der Waals surface area contributed by atoms with Gasteiger partial charge in [0, 0.05) is 5.69 Å². The fraction of sp³-hybridized carbons (Fsp3) is 0.233. The maximum absolute atomic E-state index is 12.8. The highest BCUT2D eigenvalue weighted by molar-refractivity contribution is 14.1. The molecule has 0 aliphatic heterocycles. The topological polar surface area (TPSA) is 97.7 Å². The Morgan fingerprint density at radius 3 is 2.34 bits per heavy atom. The summed E-state index contributed by atoms with van der Waals surface area (Å²) in [4.78, 5) is 24.6. The SMILES string of the molecule is CCOC(=O)c1ccc(NC(=O)/C(C#N)=C/c2cc(I)c(OCc3ccc(C)c(C)c3)c(OCC)c2)cc1. The monoisotopic (exact) mass is 624 g/mol. The van der Waals surface area contributed by atoms with Crippen LogP contribution in [-0.2, 0) is 16.1 Å². The van der Waals surface area contributed by atoms with Crippen LogP contribution in [0.3, 0.4) is 0 Å². The normalized spacial score (nSPS) is 10.9. The Balaban J connectivity index is 1.79. The van der Waals surface area contributed by atoms with E-state index in [4.69, 9.17) is 14.2 Å². The third-order valence-corrected chi connectivity index (χ3v) is 6.42. The van der Waals surface area contributed by atoms with Crippen LogP contribution in [-0.4, -0.2) is 25.1 Å². The molecule has 0 aromatic heterocycles. The van der Waals surface area contributed by atoms with E-state index in [9.17, 15) is 14.9 Å². The molecule has 3 aromatic carbocycles. The lowest BCUT2D eigenvalue weighted by Crippen LogP contribution is -2.13. The van der Waals surface area contributed by atoms with E-state index in [1.165, 1.54) is 17.2 Å². The van der Waals surface area contributed by atoms with Gasteiger partial charge in [0.15, 0.2) is 11.5 Å². The molecule has 38 heavy (non-hydrogen) atoms. The number of rotatable bonds is 10. The van der Waals surface area contributed by atoms with Gasteiger partial charge in [-0.25, -0.2) is 4.79 Å². The van der Waals surface area contributed by atoms with Crippen molar-refractivity contribution >= 4 is 46.2 Å². The van der Waals surface area contributed by atoms with E-state index < -0.39 is 11.9 Å². The van der Waals surface area contributed by atoms with Gasteiger partial charge in [-0.2, -0.15) is 5.26 Å². The zero-order chi connectivity index (χ0) is 27.7. The Hall–Kier alpha value is -3.84. The van der Waals surface area contributed by atoms with Gasteiger partial charge in [-0.05, 0) is 115 Å².